The summed E-state index contributed by atoms with van der Waals surface area (Å²) in [6.45, 7) is -0.236. The molecule has 0 aromatic heterocycles. The van der Waals surface area contributed by atoms with Crippen LogP contribution >= 0.6 is 0 Å². The number of nitrogens with two attached hydrogens (primary N) is 1. The average Bonchev–Trinajstić information content (AvgIpc) is 2.34. The van der Waals surface area contributed by atoms with Gasteiger partial charge in [-0.1, -0.05) is 6.07 Å². The van der Waals surface area contributed by atoms with Crippen LogP contribution in [0.15, 0.2) is 18.2 Å². The van der Waals surface area contributed by atoms with Gasteiger partial charge >= 0.3 is 0 Å². The van der Waals surface area contributed by atoms with Gasteiger partial charge in [-0.25, -0.2) is 0 Å². The molecular formula is C11H14N2O4. The van der Waals surface area contributed by atoms with E-state index in [0.29, 0.717) is 11.5 Å². The SMILES string of the molecule is COc1cccc(OC)c1C(=O)NCC(N)=O. The molecule has 0 spiro atoms. The van der Waals surface area contributed by atoms with Crippen molar-refractivity contribution in [3.05, 3.63) is 23.8 Å². The third-order valence-corrected chi connectivity index (χ3v) is 2.08. The Morgan fingerprint density at radius 3 is 2.18 bits per heavy atom. The fourth-order valence-corrected chi connectivity index (χ4v) is 1.33. The second-order valence-corrected chi connectivity index (χ2v) is 3.19. The van der Waals surface area contributed by atoms with Gasteiger partial charge in [0.05, 0.1) is 20.8 Å². The van der Waals surface area contributed by atoms with Gasteiger partial charge < -0.3 is 20.5 Å². The van der Waals surface area contributed by atoms with Crippen LogP contribution in [0.25, 0.3) is 0 Å². The Kier molecular flexibility index (Phi) is 4.33. The van der Waals surface area contributed by atoms with Gasteiger partial charge in [0.25, 0.3) is 5.91 Å². The van der Waals surface area contributed by atoms with E-state index < -0.39 is 11.8 Å². The van der Waals surface area contributed by atoms with Crippen molar-refractivity contribution in [3.63, 3.8) is 0 Å². The van der Waals surface area contributed by atoms with E-state index in [9.17, 15) is 9.59 Å². The van der Waals surface area contributed by atoms with E-state index >= 15 is 0 Å². The summed E-state index contributed by atoms with van der Waals surface area (Å²) in [4.78, 5) is 22.4. The first kappa shape index (κ1) is 12.8. The van der Waals surface area contributed by atoms with Crippen LogP contribution < -0.4 is 20.5 Å². The maximum absolute atomic E-state index is 11.8. The Morgan fingerprint density at radius 2 is 1.76 bits per heavy atom. The molecule has 0 saturated carbocycles. The summed E-state index contributed by atoms with van der Waals surface area (Å²) in [5.74, 6) is -0.358. The van der Waals surface area contributed by atoms with Crippen LogP contribution in [0.3, 0.4) is 0 Å². The van der Waals surface area contributed by atoms with E-state index in [1.54, 1.807) is 18.2 Å². The monoisotopic (exact) mass is 238 g/mol. The number of benzene rings is 1. The molecule has 6 nitrogen and oxygen atoms in total. The highest BCUT2D eigenvalue weighted by molar-refractivity contribution is 6.01. The van der Waals surface area contributed by atoms with Gasteiger partial charge in [0, 0.05) is 0 Å². The van der Waals surface area contributed by atoms with Gasteiger partial charge in [0.1, 0.15) is 17.1 Å². The minimum Gasteiger partial charge on any atom is -0.496 e. The predicted molar refractivity (Wildman–Crippen MR) is 61.1 cm³/mol. The van der Waals surface area contributed by atoms with Crippen LogP contribution in [-0.4, -0.2) is 32.6 Å². The highest BCUT2D eigenvalue weighted by atomic mass is 16.5. The second-order valence-electron chi connectivity index (χ2n) is 3.19. The number of hydrogen-bond donors (Lipinski definition) is 2. The summed E-state index contributed by atoms with van der Waals surface area (Å²) >= 11 is 0. The molecule has 92 valence electrons. The maximum Gasteiger partial charge on any atom is 0.259 e. The van der Waals surface area contributed by atoms with E-state index in [4.69, 9.17) is 15.2 Å². The molecule has 3 N–H and O–H groups in total. The number of amides is 2. The van der Waals surface area contributed by atoms with Crippen LogP contribution in [0, 0.1) is 0 Å². The second kappa shape index (κ2) is 5.74. The minimum absolute atomic E-state index is 0.235. The zero-order chi connectivity index (χ0) is 12.8. The average molecular weight is 238 g/mol. The molecule has 1 aromatic carbocycles. The Morgan fingerprint density at radius 1 is 1.24 bits per heavy atom. The minimum atomic E-state index is -0.618. The summed E-state index contributed by atoms with van der Waals surface area (Å²) in [5.41, 5.74) is 5.18. The molecule has 0 saturated heterocycles. The lowest BCUT2D eigenvalue weighted by atomic mass is 10.1. The first-order valence-corrected chi connectivity index (χ1v) is 4.87. The van der Waals surface area contributed by atoms with Crippen molar-refractivity contribution in [1.29, 1.82) is 0 Å². The lowest BCUT2D eigenvalue weighted by Gasteiger charge is -2.12. The van der Waals surface area contributed by atoms with Gasteiger partial charge in [-0.05, 0) is 12.1 Å². The van der Waals surface area contributed by atoms with Crippen molar-refractivity contribution in [2.24, 2.45) is 5.73 Å². The van der Waals surface area contributed by atoms with Crippen molar-refractivity contribution in [2.75, 3.05) is 20.8 Å². The lowest BCUT2D eigenvalue weighted by Crippen LogP contribution is -2.33. The van der Waals surface area contributed by atoms with Crippen molar-refractivity contribution in [2.45, 2.75) is 0 Å². The topological polar surface area (TPSA) is 90.7 Å². The van der Waals surface area contributed by atoms with Crippen LogP contribution in [0.2, 0.25) is 0 Å². The maximum atomic E-state index is 11.8. The number of carbonyl (C=O) groups is 2. The van der Waals surface area contributed by atoms with Crippen LogP contribution in [0.1, 0.15) is 10.4 Å². The van der Waals surface area contributed by atoms with E-state index in [1.807, 2.05) is 0 Å². The van der Waals surface area contributed by atoms with Crippen molar-refractivity contribution >= 4 is 11.8 Å². The third-order valence-electron chi connectivity index (χ3n) is 2.08. The highest BCUT2D eigenvalue weighted by Crippen LogP contribution is 2.27. The molecule has 0 unspecified atom stereocenters. The summed E-state index contributed by atoms with van der Waals surface area (Å²) in [7, 11) is 2.89. The Hall–Kier alpha value is -2.24. The number of carbonyl (C=O) groups excluding carboxylic acids is 2. The number of primary amides is 1. The Labute approximate surface area is 98.7 Å². The molecule has 0 heterocycles. The van der Waals surface area contributed by atoms with Gasteiger partial charge in [-0.2, -0.15) is 0 Å². The third kappa shape index (κ3) is 3.10. The fraction of sp³-hybridized carbons (Fsp3) is 0.273. The largest absolute Gasteiger partial charge is 0.496 e. The number of methoxy groups -OCH3 is 2. The zero-order valence-corrected chi connectivity index (χ0v) is 9.65. The van der Waals surface area contributed by atoms with Gasteiger partial charge in [0.15, 0.2) is 0 Å². The summed E-state index contributed by atoms with van der Waals surface area (Å²) in [6, 6.07) is 4.95. The molecule has 0 bridgehead atoms. The molecule has 6 heteroatoms. The van der Waals surface area contributed by atoms with Crippen LogP contribution in [0.5, 0.6) is 11.5 Å². The molecule has 0 aliphatic rings. The summed E-state index contributed by atoms with van der Waals surface area (Å²) < 4.78 is 10.1. The van der Waals surface area contributed by atoms with Gasteiger partial charge in [0.2, 0.25) is 5.91 Å². The smallest absolute Gasteiger partial charge is 0.259 e. The zero-order valence-electron chi connectivity index (χ0n) is 9.65. The lowest BCUT2D eigenvalue weighted by molar-refractivity contribution is -0.117. The first-order valence-electron chi connectivity index (χ1n) is 4.87. The van der Waals surface area contributed by atoms with E-state index in [0.717, 1.165) is 0 Å². The van der Waals surface area contributed by atoms with E-state index in [2.05, 4.69) is 5.32 Å². The molecule has 0 atom stereocenters. The Bertz CT molecular complexity index is 409. The molecule has 0 aliphatic carbocycles. The molecule has 1 rings (SSSR count). The molecule has 2 amide bonds. The van der Waals surface area contributed by atoms with E-state index in [1.165, 1.54) is 14.2 Å². The summed E-state index contributed by atoms with van der Waals surface area (Å²) in [6.07, 6.45) is 0. The van der Waals surface area contributed by atoms with Crippen LogP contribution in [-0.2, 0) is 4.79 Å². The number of hydrogen-bond acceptors (Lipinski definition) is 4. The highest BCUT2D eigenvalue weighted by Gasteiger charge is 2.17. The molecular weight excluding hydrogens is 224 g/mol. The van der Waals surface area contributed by atoms with E-state index in [-0.39, 0.29) is 12.1 Å². The van der Waals surface area contributed by atoms with Crippen LogP contribution in [0.4, 0.5) is 0 Å². The number of rotatable bonds is 5. The standard InChI is InChI=1S/C11H14N2O4/c1-16-7-4-3-5-8(17-2)10(7)11(15)13-6-9(12)14/h3-5H,6H2,1-2H3,(H2,12,14)(H,13,15). The molecule has 17 heavy (non-hydrogen) atoms. The normalized spacial score (nSPS) is 9.53. The van der Waals surface area contributed by atoms with Gasteiger partial charge in [-0.15, -0.1) is 0 Å². The van der Waals surface area contributed by atoms with Gasteiger partial charge in [-0.3, -0.25) is 9.59 Å². The molecule has 0 fully saturated rings. The fourth-order valence-electron chi connectivity index (χ4n) is 1.33. The van der Waals surface area contributed by atoms with Crippen molar-refractivity contribution < 1.29 is 19.1 Å². The number of nitrogens with one attached hydrogen (secondary N) is 1. The Balaban J connectivity index is 3.01. The number of ether oxygens (including phenoxy) is 2. The summed E-state index contributed by atoms with van der Waals surface area (Å²) in [5, 5.41) is 2.37. The molecule has 0 aliphatic heterocycles. The molecule has 0 radical (unpaired) electrons. The first-order chi connectivity index (χ1) is 8.10. The predicted octanol–water partition coefficient (Wildman–Crippen LogP) is -0.0811. The van der Waals surface area contributed by atoms with Crippen molar-refractivity contribution in [1.82, 2.24) is 5.32 Å². The molecule has 1 aromatic rings. The quantitative estimate of drug-likeness (QED) is 0.750. The van der Waals surface area contributed by atoms with Crippen molar-refractivity contribution in [3.8, 4) is 11.5 Å².